The summed E-state index contributed by atoms with van der Waals surface area (Å²) in [5.74, 6) is 3.85. The van der Waals surface area contributed by atoms with Crippen molar-refractivity contribution in [2.75, 3.05) is 0 Å². The first-order valence-electron chi connectivity index (χ1n) is 5.72. The first kappa shape index (κ1) is 9.10. The van der Waals surface area contributed by atoms with Gasteiger partial charge in [0.25, 0.3) is 0 Å². The predicted molar refractivity (Wildman–Crippen MR) is 63.8 cm³/mol. The van der Waals surface area contributed by atoms with Crippen molar-refractivity contribution < 1.29 is 0 Å². The Morgan fingerprint density at radius 2 is 1.87 bits per heavy atom. The summed E-state index contributed by atoms with van der Waals surface area (Å²) in [5, 5.41) is 0.538. The number of hydrogen-bond acceptors (Lipinski definition) is 0. The van der Waals surface area contributed by atoms with Crippen molar-refractivity contribution in [2.24, 2.45) is 23.7 Å². The monoisotopic (exact) mass is 284 g/mol. The van der Waals surface area contributed by atoms with Gasteiger partial charge in [0.15, 0.2) is 0 Å². The van der Waals surface area contributed by atoms with Crippen molar-refractivity contribution in [1.29, 1.82) is 0 Å². The Labute approximate surface area is 102 Å². The van der Waals surface area contributed by atoms with Crippen LogP contribution in [0.5, 0.6) is 0 Å². The van der Waals surface area contributed by atoms with Gasteiger partial charge in [0.05, 0.1) is 0 Å². The van der Waals surface area contributed by atoms with E-state index in [4.69, 9.17) is 11.6 Å². The molecule has 4 aliphatic carbocycles. The molecule has 0 saturated heterocycles. The first-order valence-corrected chi connectivity index (χ1v) is 8.00. The van der Waals surface area contributed by atoms with Crippen molar-refractivity contribution in [3.8, 4) is 0 Å². The van der Waals surface area contributed by atoms with Crippen LogP contribution in [-0.2, 0) is 0 Å². The van der Waals surface area contributed by atoms with Gasteiger partial charge in [-0.1, -0.05) is 0 Å². The zero-order valence-electron chi connectivity index (χ0n) is 8.34. The fourth-order valence-electron chi connectivity index (χ4n) is 3.81. The van der Waals surface area contributed by atoms with Gasteiger partial charge in [0.1, 0.15) is 0 Å². The third-order valence-electron chi connectivity index (χ3n) is 4.43. The standard InChI is InChI=1S/C13H13ClSe/c14-12-9-6-8-10(12)11(8)13(9)15-7-4-2-1-3-5-7/h1-5,8-13H,6H2/t8-,9+,10?,11?,12-,13+/m0/s1. The Bertz CT molecular complexity index is 391. The van der Waals surface area contributed by atoms with Gasteiger partial charge in [-0.05, 0) is 0 Å². The van der Waals surface area contributed by atoms with E-state index in [1.165, 1.54) is 6.42 Å². The fourth-order valence-corrected chi connectivity index (χ4v) is 8.02. The molecule has 1 aromatic carbocycles. The van der Waals surface area contributed by atoms with Crippen molar-refractivity contribution >= 4 is 31.0 Å². The topological polar surface area (TPSA) is 0 Å². The molecule has 2 unspecified atom stereocenters. The van der Waals surface area contributed by atoms with Crippen LogP contribution in [0.1, 0.15) is 6.42 Å². The minimum atomic E-state index is 0.538. The van der Waals surface area contributed by atoms with E-state index >= 15 is 0 Å². The van der Waals surface area contributed by atoms with Crippen LogP contribution in [0.2, 0.25) is 4.82 Å². The molecule has 6 atom stereocenters. The molecule has 1 aromatic rings. The zero-order valence-corrected chi connectivity index (χ0v) is 10.8. The van der Waals surface area contributed by atoms with E-state index in [-0.39, 0.29) is 0 Å². The molecule has 0 heterocycles. The Hall–Kier alpha value is 0.0295. The van der Waals surface area contributed by atoms with Gasteiger partial charge < -0.3 is 0 Å². The molecule has 4 saturated carbocycles. The molecule has 0 amide bonds. The third kappa shape index (κ3) is 1.15. The molecule has 78 valence electrons. The van der Waals surface area contributed by atoms with Gasteiger partial charge in [-0.3, -0.25) is 0 Å². The average molecular weight is 284 g/mol. The maximum absolute atomic E-state index is 6.47. The van der Waals surface area contributed by atoms with E-state index in [0.717, 1.165) is 28.5 Å². The third-order valence-corrected chi connectivity index (χ3v) is 8.15. The molecular formula is C13H13ClSe. The van der Waals surface area contributed by atoms with Crippen LogP contribution in [0, 0.1) is 23.7 Å². The fraction of sp³-hybridized carbons (Fsp3) is 0.538. The van der Waals surface area contributed by atoms with Crippen molar-refractivity contribution in [1.82, 2.24) is 0 Å². The van der Waals surface area contributed by atoms with E-state index in [1.807, 2.05) is 0 Å². The molecule has 4 bridgehead atoms. The summed E-state index contributed by atoms with van der Waals surface area (Å²) in [6, 6.07) is 11.0. The van der Waals surface area contributed by atoms with Gasteiger partial charge in [0.2, 0.25) is 0 Å². The molecular weight excluding hydrogens is 271 g/mol. The summed E-state index contributed by atoms with van der Waals surface area (Å²) in [5.41, 5.74) is 0. The molecule has 2 heteroatoms. The van der Waals surface area contributed by atoms with Gasteiger partial charge >= 0.3 is 102 Å². The van der Waals surface area contributed by atoms with E-state index in [2.05, 4.69) is 30.3 Å². The van der Waals surface area contributed by atoms with Crippen LogP contribution in [0.3, 0.4) is 0 Å². The summed E-state index contributed by atoms with van der Waals surface area (Å²) in [6.07, 6.45) is 1.45. The molecule has 5 rings (SSSR count). The average Bonchev–Trinajstić information content (AvgIpc) is 2.58. The van der Waals surface area contributed by atoms with Gasteiger partial charge in [0, 0.05) is 0 Å². The van der Waals surface area contributed by atoms with Gasteiger partial charge in [-0.15, -0.1) is 0 Å². The SMILES string of the molecule is Cl[C@@H]1C2C3[C@H]2C[C@H]1[C@H]3[Se]c1ccccc1. The minimum absolute atomic E-state index is 0.538. The second-order valence-corrected chi connectivity index (χ2v) is 8.19. The van der Waals surface area contributed by atoms with Crippen LogP contribution >= 0.6 is 11.6 Å². The second-order valence-electron chi connectivity index (χ2n) is 5.06. The quantitative estimate of drug-likeness (QED) is 0.577. The molecule has 0 aliphatic heterocycles. The maximum atomic E-state index is 6.47. The normalized spacial score (nSPS) is 49.7. The number of alkyl halides is 1. The van der Waals surface area contributed by atoms with Gasteiger partial charge in [-0.25, -0.2) is 0 Å². The Balaban J connectivity index is 1.58. The number of benzene rings is 1. The van der Waals surface area contributed by atoms with Crippen LogP contribution in [0.4, 0.5) is 0 Å². The number of halogens is 1. The van der Waals surface area contributed by atoms with Gasteiger partial charge in [-0.2, -0.15) is 0 Å². The summed E-state index contributed by atoms with van der Waals surface area (Å²) in [6.45, 7) is 0. The van der Waals surface area contributed by atoms with Crippen LogP contribution in [-0.4, -0.2) is 20.3 Å². The molecule has 15 heavy (non-hydrogen) atoms. The summed E-state index contributed by atoms with van der Waals surface area (Å²) in [4.78, 5) is 0.970. The van der Waals surface area contributed by atoms with Crippen LogP contribution in [0.25, 0.3) is 0 Å². The summed E-state index contributed by atoms with van der Waals surface area (Å²) >= 11 is 7.14. The van der Waals surface area contributed by atoms with Crippen LogP contribution < -0.4 is 4.46 Å². The number of rotatable bonds is 2. The van der Waals surface area contributed by atoms with Crippen molar-refractivity contribution in [2.45, 2.75) is 16.6 Å². The molecule has 0 radical (unpaired) electrons. The zero-order chi connectivity index (χ0) is 9.99. The number of hydrogen-bond donors (Lipinski definition) is 0. The van der Waals surface area contributed by atoms with Crippen LogP contribution in [0.15, 0.2) is 30.3 Å². The van der Waals surface area contributed by atoms with E-state index < -0.39 is 0 Å². The van der Waals surface area contributed by atoms with Crippen molar-refractivity contribution in [3.63, 3.8) is 0 Å². The van der Waals surface area contributed by atoms with Crippen molar-refractivity contribution in [3.05, 3.63) is 30.3 Å². The molecule has 0 spiro atoms. The molecule has 4 aliphatic rings. The summed E-state index contributed by atoms with van der Waals surface area (Å²) < 4.78 is 1.57. The Morgan fingerprint density at radius 1 is 1.07 bits per heavy atom. The summed E-state index contributed by atoms with van der Waals surface area (Å²) in [7, 11) is 0. The Kier molecular flexibility index (Phi) is 1.84. The predicted octanol–water partition coefficient (Wildman–Crippen LogP) is 2.31. The molecule has 0 N–H and O–H groups in total. The molecule has 4 fully saturated rings. The van der Waals surface area contributed by atoms with E-state index in [9.17, 15) is 0 Å². The van der Waals surface area contributed by atoms with E-state index in [0.29, 0.717) is 20.3 Å². The molecule has 0 nitrogen and oxygen atoms in total. The van der Waals surface area contributed by atoms with E-state index in [1.54, 1.807) is 4.46 Å². The second kappa shape index (κ2) is 3.03. The molecule has 0 aromatic heterocycles. The Morgan fingerprint density at radius 3 is 2.40 bits per heavy atom. The first-order chi connectivity index (χ1) is 7.36.